The van der Waals surface area contributed by atoms with E-state index in [4.69, 9.17) is 5.73 Å². The summed E-state index contributed by atoms with van der Waals surface area (Å²) >= 11 is 0. The molecule has 0 aromatic carbocycles. The van der Waals surface area contributed by atoms with E-state index in [1.165, 1.54) is 0 Å². The van der Waals surface area contributed by atoms with Crippen LogP contribution >= 0.6 is 0 Å². The molecule has 0 radical (unpaired) electrons. The Kier molecular flexibility index (Phi) is 3.10. The maximum Gasteiger partial charge on any atom is 0.319 e. The number of rotatable bonds is 1. The van der Waals surface area contributed by atoms with Crippen molar-refractivity contribution in [3.05, 3.63) is 0 Å². The predicted molar refractivity (Wildman–Crippen MR) is 64.1 cm³/mol. The van der Waals surface area contributed by atoms with Crippen molar-refractivity contribution in [3.63, 3.8) is 0 Å². The van der Waals surface area contributed by atoms with Crippen molar-refractivity contribution in [2.45, 2.75) is 50.7 Å². The first-order chi connectivity index (χ1) is 7.50. The van der Waals surface area contributed by atoms with Crippen LogP contribution in [0.5, 0.6) is 0 Å². The maximum absolute atomic E-state index is 12.1. The Morgan fingerprint density at radius 2 is 1.81 bits per heavy atom. The van der Waals surface area contributed by atoms with E-state index in [0.717, 1.165) is 25.7 Å². The van der Waals surface area contributed by atoms with Crippen LogP contribution in [0.1, 0.15) is 32.6 Å². The highest BCUT2D eigenvalue weighted by Gasteiger charge is 2.44. The molecular formula is C12H23N3O. The van der Waals surface area contributed by atoms with Gasteiger partial charge in [0, 0.05) is 32.2 Å². The van der Waals surface area contributed by atoms with Crippen molar-refractivity contribution in [3.8, 4) is 0 Å². The molecule has 0 saturated carbocycles. The predicted octanol–water partition coefficient (Wildman–Crippen LogP) is 1.26. The summed E-state index contributed by atoms with van der Waals surface area (Å²) in [7, 11) is 3.67. The third-order valence-corrected chi connectivity index (χ3v) is 4.12. The molecule has 2 amide bonds. The lowest BCUT2D eigenvalue weighted by molar-refractivity contribution is 0.0980. The van der Waals surface area contributed by atoms with E-state index in [-0.39, 0.29) is 12.1 Å². The zero-order valence-electron chi connectivity index (χ0n) is 10.5. The number of carbonyl (C=O) groups is 1. The Morgan fingerprint density at radius 3 is 2.19 bits per heavy atom. The zero-order valence-corrected chi connectivity index (χ0v) is 10.5. The summed E-state index contributed by atoms with van der Waals surface area (Å²) in [6.45, 7) is 2.09. The third kappa shape index (κ3) is 1.90. The van der Waals surface area contributed by atoms with Crippen LogP contribution in [-0.4, -0.2) is 48.1 Å². The van der Waals surface area contributed by atoms with Crippen LogP contribution in [0.3, 0.4) is 0 Å². The topological polar surface area (TPSA) is 49.6 Å². The summed E-state index contributed by atoms with van der Waals surface area (Å²) in [5.74, 6) is 0.601. The van der Waals surface area contributed by atoms with Crippen LogP contribution in [0.25, 0.3) is 0 Å². The average molecular weight is 225 g/mol. The number of nitrogens with two attached hydrogens (primary N) is 1. The van der Waals surface area contributed by atoms with E-state index in [0.29, 0.717) is 18.0 Å². The number of nitrogens with zero attached hydrogens (tertiary/aromatic N) is 2. The van der Waals surface area contributed by atoms with E-state index in [9.17, 15) is 4.79 Å². The molecule has 3 atom stereocenters. The lowest BCUT2D eigenvalue weighted by Gasteiger charge is -2.41. The lowest BCUT2D eigenvalue weighted by atomic mass is 9.86. The molecule has 0 spiro atoms. The Morgan fingerprint density at radius 1 is 1.31 bits per heavy atom. The van der Waals surface area contributed by atoms with Gasteiger partial charge in [-0.05, 0) is 38.5 Å². The Labute approximate surface area is 97.8 Å². The maximum atomic E-state index is 12.1. The Hall–Kier alpha value is -0.770. The summed E-state index contributed by atoms with van der Waals surface area (Å²) in [5, 5.41) is 0. The molecule has 4 nitrogen and oxygen atoms in total. The molecule has 2 saturated heterocycles. The molecule has 4 heteroatoms. The number of urea groups is 1. The average Bonchev–Trinajstić information content (AvgIpc) is 2.46. The number of fused-ring (bicyclic) bond motifs is 2. The first-order valence-corrected chi connectivity index (χ1v) is 6.26. The molecule has 92 valence electrons. The number of piperidine rings is 1. The van der Waals surface area contributed by atoms with Gasteiger partial charge in [0.1, 0.15) is 0 Å². The summed E-state index contributed by atoms with van der Waals surface area (Å²) < 4.78 is 0. The van der Waals surface area contributed by atoms with Gasteiger partial charge in [0.25, 0.3) is 0 Å². The largest absolute Gasteiger partial charge is 0.331 e. The highest BCUT2D eigenvalue weighted by atomic mass is 16.2. The first-order valence-electron chi connectivity index (χ1n) is 6.26. The number of hydrogen-bond donors (Lipinski definition) is 1. The summed E-state index contributed by atoms with van der Waals surface area (Å²) in [4.78, 5) is 15.8. The van der Waals surface area contributed by atoms with E-state index in [2.05, 4.69) is 11.8 Å². The standard InChI is InChI=1S/C12H23N3O/c1-8(13)9-6-10-4-5-11(7-9)15(10)12(16)14(2)3/h8-11H,4-7,13H2,1-3H3/t8-,9?,10?,11?/m1/s1. The van der Waals surface area contributed by atoms with Gasteiger partial charge in [-0.15, -0.1) is 0 Å². The van der Waals surface area contributed by atoms with Gasteiger partial charge in [-0.2, -0.15) is 0 Å². The molecule has 0 aliphatic carbocycles. The SMILES string of the molecule is C[C@@H](N)C1CC2CCC(C1)N2C(=O)N(C)C. The molecule has 16 heavy (non-hydrogen) atoms. The van der Waals surface area contributed by atoms with Gasteiger partial charge < -0.3 is 15.5 Å². The zero-order chi connectivity index (χ0) is 11.9. The van der Waals surface area contributed by atoms with E-state index in [1.807, 2.05) is 14.1 Å². The van der Waals surface area contributed by atoms with Crippen molar-refractivity contribution >= 4 is 6.03 Å². The minimum absolute atomic E-state index is 0.177. The van der Waals surface area contributed by atoms with Crippen molar-refractivity contribution < 1.29 is 4.79 Å². The van der Waals surface area contributed by atoms with Crippen molar-refractivity contribution in [1.29, 1.82) is 0 Å². The molecule has 2 heterocycles. The normalized spacial score (nSPS) is 35.0. The summed E-state index contributed by atoms with van der Waals surface area (Å²) in [6, 6.07) is 1.31. The van der Waals surface area contributed by atoms with Crippen LogP contribution in [0.4, 0.5) is 4.79 Å². The van der Waals surface area contributed by atoms with E-state index in [1.54, 1.807) is 4.90 Å². The molecule has 2 aliphatic heterocycles. The highest BCUT2D eigenvalue weighted by Crippen LogP contribution is 2.39. The van der Waals surface area contributed by atoms with Gasteiger partial charge in [0.2, 0.25) is 0 Å². The van der Waals surface area contributed by atoms with E-state index >= 15 is 0 Å². The minimum atomic E-state index is 0.177. The van der Waals surface area contributed by atoms with Crippen LogP contribution in [0.15, 0.2) is 0 Å². The van der Waals surface area contributed by atoms with Gasteiger partial charge in [-0.1, -0.05) is 0 Å². The molecule has 2 fully saturated rings. The monoisotopic (exact) mass is 225 g/mol. The summed E-state index contributed by atoms with van der Waals surface area (Å²) in [5.41, 5.74) is 5.99. The quantitative estimate of drug-likeness (QED) is 0.730. The van der Waals surface area contributed by atoms with Gasteiger partial charge in [0.15, 0.2) is 0 Å². The van der Waals surface area contributed by atoms with Crippen LogP contribution in [-0.2, 0) is 0 Å². The molecule has 2 bridgehead atoms. The second-order valence-electron chi connectivity index (χ2n) is 5.56. The fraction of sp³-hybridized carbons (Fsp3) is 0.917. The highest BCUT2D eigenvalue weighted by molar-refractivity contribution is 5.75. The van der Waals surface area contributed by atoms with Gasteiger partial charge in [-0.25, -0.2) is 4.79 Å². The van der Waals surface area contributed by atoms with Crippen molar-refractivity contribution in [1.82, 2.24) is 9.80 Å². The molecule has 2 aliphatic rings. The second-order valence-corrected chi connectivity index (χ2v) is 5.56. The van der Waals surface area contributed by atoms with Crippen molar-refractivity contribution in [2.24, 2.45) is 11.7 Å². The molecular weight excluding hydrogens is 202 g/mol. The fourth-order valence-corrected chi connectivity index (χ4v) is 3.19. The minimum Gasteiger partial charge on any atom is -0.331 e. The van der Waals surface area contributed by atoms with Crippen LogP contribution < -0.4 is 5.73 Å². The van der Waals surface area contributed by atoms with E-state index < -0.39 is 0 Å². The van der Waals surface area contributed by atoms with Crippen molar-refractivity contribution in [2.75, 3.05) is 14.1 Å². The molecule has 2 unspecified atom stereocenters. The smallest absolute Gasteiger partial charge is 0.319 e. The van der Waals surface area contributed by atoms with Gasteiger partial charge in [0.05, 0.1) is 0 Å². The first kappa shape index (κ1) is 11.7. The Bertz CT molecular complexity index is 263. The second kappa shape index (κ2) is 4.24. The van der Waals surface area contributed by atoms with Crippen LogP contribution in [0, 0.1) is 5.92 Å². The van der Waals surface area contributed by atoms with Gasteiger partial charge >= 0.3 is 6.03 Å². The third-order valence-electron chi connectivity index (χ3n) is 4.12. The number of carbonyl (C=O) groups excluding carboxylic acids is 1. The molecule has 2 N–H and O–H groups in total. The number of hydrogen-bond acceptors (Lipinski definition) is 2. The van der Waals surface area contributed by atoms with Gasteiger partial charge in [-0.3, -0.25) is 0 Å². The Balaban J connectivity index is 2.08. The molecule has 0 aromatic heterocycles. The summed E-state index contributed by atoms with van der Waals surface area (Å²) in [6.07, 6.45) is 4.50. The van der Waals surface area contributed by atoms with Crippen LogP contribution in [0.2, 0.25) is 0 Å². The number of amides is 2. The molecule has 0 aromatic rings. The molecule has 2 rings (SSSR count). The lowest BCUT2D eigenvalue weighted by Crippen LogP contribution is -2.52. The fourth-order valence-electron chi connectivity index (χ4n) is 3.19.